The Labute approximate surface area is 580 Å². The van der Waals surface area contributed by atoms with Gasteiger partial charge < -0.3 is 60.5 Å². The second-order valence-corrected chi connectivity index (χ2v) is 19.3. The van der Waals surface area contributed by atoms with Gasteiger partial charge in [0.05, 0.1) is 79.6 Å². The third kappa shape index (κ3) is 19.6. The summed E-state index contributed by atoms with van der Waals surface area (Å²) in [6.45, 7) is 1.93. The van der Waals surface area contributed by atoms with E-state index in [9.17, 15) is 14.4 Å². The zero-order valence-electron chi connectivity index (χ0n) is 48.1. The molecular formula is C52H38BrCl6LiN26O9. The Morgan fingerprint density at radius 3 is 1.35 bits per heavy atom. The van der Waals surface area contributed by atoms with E-state index in [4.69, 9.17) is 89.2 Å². The van der Waals surface area contributed by atoms with Crippen molar-refractivity contribution in [2.75, 3.05) is 13.7 Å². The number of fused-ring (bicyclic) bond motifs is 7. The van der Waals surface area contributed by atoms with Gasteiger partial charge in [0.1, 0.15) is 128 Å². The van der Waals surface area contributed by atoms with Gasteiger partial charge >= 0.3 is 30.8 Å². The van der Waals surface area contributed by atoms with Crippen LogP contribution in [0.25, 0.3) is 77.2 Å². The minimum Gasteiger partial charge on any atom is -0.870 e. The average Bonchev–Trinajstić information content (AvgIpc) is 1.76. The SMILES string of the molecule is CCO.COC(=O)c1ncnc2[nH]cc(C#N)c12.Clc1ncnc2[nH]cc(Br)c12.Clc1ncnc2[nH]ccc12.N#Cc1c[nH]c2ncnc(C(=O)O)c12.N#Cc1c[nH]c2ncnc(Cl)c12.NOCl.O/N=C/c1c[nH]c2ncnc(Cl)c12.O=Cc1c[nH]c2ncnc(Cl)c12.[Li+].[OH-]. The van der Waals surface area contributed by atoms with Gasteiger partial charge in [0.25, 0.3) is 0 Å². The first-order chi connectivity index (χ1) is 45.0. The van der Waals surface area contributed by atoms with Crippen LogP contribution in [-0.4, -0.2) is 164 Å². The molecule has 0 aliphatic rings. The van der Waals surface area contributed by atoms with Gasteiger partial charge in [-0.15, -0.1) is 0 Å². The zero-order valence-corrected chi connectivity index (χ0v) is 54.2. The molecule has 0 amide bonds. The number of aliphatic hydroxyl groups is 1. The normalized spacial score (nSPS) is 9.89. The number of carboxylic acids is 1. The maximum absolute atomic E-state index is 11.4. The maximum Gasteiger partial charge on any atom is 1.00 e. The Balaban J connectivity index is 0.000000232. The molecular weight excluding hydrogens is 1430 g/mol. The first-order valence-electron chi connectivity index (χ1n) is 24.9. The molecule has 0 saturated heterocycles. The largest absolute Gasteiger partial charge is 1.00 e. The number of nitrogens with one attached hydrogen (secondary N) is 7. The number of methoxy groups -OCH3 is 1. The number of oxime groups is 1. The molecule has 13 N–H and O–H groups in total. The molecule has 14 aromatic rings. The number of ether oxygens (including phenoxy) is 1. The van der Waals surface area contributed by atoms with Gasteiger partial charge in [0, 0.05) is 65.6 Å². The molecule has 0 aromatic carbocycles. The summed E-state index contributed by atoms with van der Waals surface area (Å²) in [7, 11) is 1.26. The van der Waals surface area contributed by atoms with E-state index in [0.29, 0.717) is 104 Å². The van der Waals surface area contributed by atoms with E-state index in [2.05, 4.69) is 153 Å². The predicted molar refractivity (Wildman–Crippen MR) is 343 cm³/mol. The number of aldehydes is 1. The van der Waals surface area contributed by atoms with E-state index in [1.807, 2.05) is 24.3 Å². The van der Waals surface area contributed by atoms with E-state index >= 15 is 0 Å². The molecule has 43 heteroatoms. The van der Waals surface area contributed by atoms with Crippen molar-refractivity contribution >= 4 is 187 Å². The summed E-state index contributed by atoms with van der Waals surface area (Å²) in [4.78, 5) is 106. The Morgan fingerprint density at radius 1 is 0.568 bits per heavy atom. The van der Waals surface area contributed by atoms with Crippen molar-refractivity contribution in [1.29, 1.82) is 15.8 Å². The predicted octanol–water partition coefficient (Wildman–Crippen LogP) is 6.31. The average molecular weight is 1470 g/mol. The summed E-state index contributed by atoms with van der Waals surface area (Å²) < 4.78 is 8.67. The fourth-order valence-corrected chi connectivity index (χ4v) is 9.17. The second kappa shape index (κ2) is 38.5. The molecule has 0 fully saturated rings. The van der Waals surface area contributed by atoms with Crippen molar-refractivity contribution in [1.82, 2.24) is 105 Å². The molecule has 0 unspecified atom stereocenters. The fraction of sp³-hybridized carbons (Fsp3) is 0.0577. The van der Waals surface area contributed by atoms with Crippen molar-refractivity contribution in [3.63, 3.8) is 0 Å². The van der Waals surface area contributed by atoms with Crippen LogP contribution in [0.15, 0.2) is 103 Å². The van der Waals surface area contributed by atoms with E-state index in [-0.39, 0.29) is 53.3 Å². The molecule has 0 bridgehead atoms. The number of H-pyrrole nitrogens is 7. The van der Waals surface area contributed by atoms with Gasteiger partial charge in [0.15, 0.2) is 17.7 Å². The molecule has 95 heavy (non-hydrogen) atoms. The van der Waals surface area contributed by atoms with Gasteiger partial charge in [-0.05, 0) is 28.9 Å². The minimum absolute atomic E-state index is 0. The Morgan fingerprint density at radius 2 is 0.916 bits per heavy atom. The van der Waals surface area contributed by atoms with Crippen molar-refractivity contribution in [2.24, 2.45) is 11.1 Å². The van der Waals surface area contributed by atoms with Crippen LogP contribution in [-0.2, 0) is 9.13 Å². The number of aliphatic hydroxyl groups excluding tert-OH is 1. The number of aromatic amines is 7. The van der Waals surface area contributed by atoms with Gasteiger partial charge in [0.2, 0.25) is 0 Å². The van der Waals surface area contributed by atoms with E-state index in [1.54, 1.807) is 37.9 Å². The van der Waals surface area contributed by atoms with Gasteiger partial charge in [-0.1, -0.05) is 63.2 Å². The van der Waals surface area contributed by atoms with Crippen LogP contribution in [0.2, 0.25) is 25.8 Å². The number of hydrogen-bond donors (Lipinski definition) is 11. The molecule has 14 aromatic heterocycles. The summed E-state index contributed by atoms with van der Waals surface area (Å²) in [5.41, 5.74) is 6.22. The summed E-state index contributed by atoms with van der Waals surface area (Å²) in [6, 6.07) is 7.66. The van der Waals surface area contributed by atoms with Crippen molar-refractivity contribution in [2.45, 2.75) is 6.92 Å². The summed E-state index contributed by atoms with van der Waals surface area (Å²) in [6.07, 6.45) is 22.5. The van der Waals surface area contributed by atoms with E-state index < -0.39 is 11.9 Å². The number of aromatic carboxylic acids is 1. The van der Waals surface area contributed by atoms with Crippen molar-refractivity contribution in [3.05, 3.63) is 163 Å². The molecule has 14 heterocycles. The molecule has 0 atom stereocenters. The van der Waals surface area contributed by atoms with Gasteiger partial charge in [-0.25, -0.2) is 79.4 Å². The number of nitrogens with two attached hydrogens (primary N) is 1. The molecule has 480 valence electrons. The Kier molecular flexibility index (Phi) is 31.2. The third-order valence-corrected chi connectivity index (χ3v) is 13.3. The molecule has 0 aliphatic heterocycles. The number of nitrogens with zero attached hydrogens (tertiary/aromatic N) is 18. The van der Waals surface area contributed by atoms with Crippen LogP contribution in [0.1, 0.15) is 60.5 Å². The van der Waals surface area contributed by atoms with Gasteiger partial charge in [-0.2, -0.15) is 26.1 Å². The van der Waals surface area contributed by atoms with Crippen LogP contribution in [0.4, 0.5) is 0 Å². The number of nitriles is 3. The number of carbonyl (C=O) groups is 3. The molecule has 0 aliphatic carbocycles. The molecule has 0 spiro atoms. The Hall–Kier alpha value is -10.5. The zero-order chi connectivity index (χ0) is 67.6. The van der Waals surface area contributed by atoms with Crippen LogP contribution in [0.5, 0.6) is 0 Å². The van der Waals surface area contributed by atoms with Crippen molar-refractivity contribution < 1.29 is 63.3 Å². The monoisotopic (exact) mass is 1470 g/mol. The van der Waals surface area contributed by atoms with Crippen LogP contribution < -0.4 is 24.8 Å². The first-order valence-corrected chi connectivity index (χ1v) is 27.8. The second-order valence-electron chi connectivity index (χ2n) is 16.5. The Bertz CT molecular complexity index is 5040. The van der Waals surface area contributed by atoms with Crippen LogP contribution in [0, 0.1) is 34.0 Å². The number of rotatable bonds is 4. The molecule has 0 radical (unpaired) electrons. The van der Waals surface area contributed by atoms with E-state index in [1.165, 1.54) is 63.7 Å². The summed E-state index contributed by atoms with van der Waals surface area (Å²) >= 11 is 36.5. The van der Waals surface area contributed by atoms with Crippen molar-refractivity contribution in [3.8, 4) is 18.2 Å². The first kappa shape index (κ1) is 77.0. The smallest absolute Gasteiger partial charge is 0.870 e. The standard InChI is InChI=1S/C9H6N4O2.C8H4N4O2.C7H5ClN4O.C7H3ClN4.C7H4ClN3O.C6H3BrClN3.C6H4ClN3.C2H6O.ClH2NO.Li.H2O/c1-15-9(14)7-6-5(2-10)3-11-8(6)13-4-12-7;9-1-4-2-10-7-5(4)6(8(13)14)11-3-12-7;8-6-5-4(2-12-13)1-9-7(5)11-3-10-6;8-6-5-4(1-9)2-10-7(5)12-3-11-6;8-6-5-4(2-12)1-9-7(5)11-3-10-6;7-3-1-9-6-4(3)5(8)10-2-11-6;7-5-4-1-2-8-6(4)10-3-9-5;1-2-3;1-3-2;;/h3-4H,1H3,(H,11,12,13);2-3H,(H,13,14)(H,10,11,12);1-3,13H,(H,9,10,11);2-3H,(H,10,11,12);1-3H,(H,9,10,11);1-2H,(H,9,10,11);1-3H,(H,8,9,10);3H,2H2,1H3;2H2;;1H2/q;;;;;;;;;+1;/p-1/b;;12-2+;;;;;;;;. The topological polar surface area (TPSA) is 561 Å². The number of halogens is 7. The molecule has 0 saturated carbocycles. The van der Waals surface area contributed by atoms with E-state index in [0.717, 1.165) is 32.9 Å². The molecule has 14 rings (SSSR count). The number of carbonyl (C=O) groups excluding carboxylic acids is 2. The quantitative estimate of drug-likeness (QED) is 0.0175. The summed E-state index contributed by atoms with van der Waals surface area (Å²) in [5, 5.41) is 59.9. The fourth-order valence-electron chi connectivity index (χ4n) is 7.41. The van der Waals surface area contributed by atoms with Gasteiger partial charge in [-0.3, -0.25) is 4.79 Å². The number of aromatic nitrogens is 21. The number of hydrogen-bond acceptors (Lipinski definition) is 27. The van der Waals surface area contributed by atoms with Crippen LogP contribution in [0.3, 0.4) is 0 Å². The third-order valence-electron chi connectivity index (χ3n) is 11.2. The minimum atomic E-state index is -1.17. The number of carboxylic acid groups (broad SMARTS) is 1. The van der Waals surface area contributed by atoms with Crippen LogP contribution >= 0.6 is 85.8 Å². The molecule has 35 nitrogen and oxygen atoms in total. The number of esters is 1. The summed E-state index contributed by atoms with van der Waals surface area (Å²) in [5.74, 6) is 2.36. The maximum atomic E-state index is 11.4.